The van der Waals surface area contributed by atoms with Gasteiger partial charge in [0, 0.05) is 5.69 Å². The fraction of sp³-hybridized carbons (Fsp3) is 0.167. The maximum absolute atomic E-state index is 13.6. The van der Waals surface area contributed by atoms with E-state index in [-0.39, 0.29) is 15.7 Å². The van der Waals surface area contributed by atoms with Gasteiger partial charge in [0.2, 0.25) is 0 Å². The molecule has 0 aliphatic carbocycles. The number of benzene rings is 1. The van der Waals surface area contributed by atoms with E-state index >= 15 is 0 Å². The van der Waals surface area contributed by atoms with Crippen LogP contribution in [-0.2, 0) is 9.53 Å². The summed E-state index contributed by atoms with van der Waals surface area (Å²) in [6.07, 6.45) is 0. The van der Waals surface area contributed by atoms with Crippen molar-refractivity contribution in [1.29, 1.82) is 0 Å². The average molecular weight is 314 g/mol. The largest absolute Gasteiger partial charge is 0.465 e. The van der Waals surface area contributed by atoms with E-state index in [4.69, 9.17) is 0 Å². The third-order valence-electron chi connectivity index (χ3n) is 1.93. The van der Waals surface area contributed by atoms with Gasteiger partial charge < -0.3 is 10.1 Å². The smallest absolute Gasteiger partial charge is 0.340 e. The van der Waals surface area contributed by atoms with Crippen molar-refractivity contribution < 1.29 is 18.7 Å². The molecule has 1 N–H and O–H groups in total. The molecule has 0 atom stereocenters. The van der Waals surface area contributed by atoms with Crippen LogP contribution in [0.15, 0.2) is 16.6 Å². The number of halogens is 2. The van der Waals surface area contributed by atoms with Crippen molar-refractivity contribution >= 4 is 33.5 Å². The Hall–Kier alpha value is -1.87. The Morgan fingerprint density at radius 1 is 1.44 bits per heavy atom. The molecule has 0 fully saturated rings. The van der Waals surface area contributed by atoms with E-state index < -0.39 is 17.7 Å². The molecule has 1 amide bonds. The molecule has 6 heteroatoms. The summed E-state index contributed by atoms with van der Waals surface area (Å²) in [6, 6.07) is 2.51. The minimum atomic E-state index is -0.828. The number of rotatable bonds is 2. The lowest BCUT2D eigenvalue weighted by Crippen LogP contribution is -2.11. The zero-order valence-electron chi connectivity index (χ0n) is 9.64. The Kier molecular flexibility index (Phi) is 4.86. The summed E-state index contributed by atoms with van der Waals surface area (Å²) in [6.45, 7) is 1.51. The van der Waals surface area contributed by atoms with Gasteiger partial charge in [-0.1, -0.05) is 5.92 Å². The first-order valence-electron chi connectivity index (χ1n) is 4.80. The van der Waals surface area contributed by atoms with Crippen molar-refractivity contribution in [3.8, 4) is 11.8 Å². The number of hydrogen-bond donors (Lipinski definition) is 1. The van der Waals surface area contributed by atoms with Gasteiger partial charge in [-0.3, -0.25) is 4.79 Å². The lowest BCUT2D eigenvalue weighted by Gasteiger charge is -2.07. The zero-order chi connectivity index (χ0) is 13.7. The molecule has 0 heterocycles. The molecule has 1 aromatic carbocycles. The second-order valence-electron chi connectivity index (χ2n) is 3.14. The van der Waals surface area contributed by atoms with E-state index in [1.807, 2.05) is 0 Å². The van der Waals surface area contributed by atoms with Gasteiger partial charge in [-0.2, -0.15) is 0 Å². The highest BCUT2D eigenvalue weighted by Crippen LogP contribution is 2.24. The predicted octanol–water partition coefficient (Wildman–Crippen LogP) is 2.34. The van der Waals surface area contributed by atoms with Gasteiger partial charge in [0.15, 0.2) is 5.82 Å². The van der Waals surface area contributed by atoms with Gasteiger partial charge in [0.1, 0.15) is 0 Å². The summed E-state index contributed by atoms with van der Waals surface area (Å²) < 4.78 is 18.1. The molecule has 0 bridgehead atoms. The number of carbonyl (C=O) groups is 2. The Morgan fingerprint density at radius 2 is 2.11 bits per heavy atom. The van der Waals surface area contributed by atoms with Gasteiger partial charge in [-0.05, 0) is 40.9 Å². The maximum atomic E-state index is 13.6. The molecule has 0 radical (unpaired) electrons. The molecule has 18 heavy (non-hydrogen) atoms. The van der Waals surface area contributed by atoms with Crippen LogP contribution in [-0.4, -0.2) is 19.0 Å². The van der Waals surface area contributed by atoms with Gasteiger partial charge in [-0.25, -0.2) is 9.18 Å². The van der Waals surface area contributed by atoms with E-state index in [1.165, 1.54) is 19.1 Å². The van der Waals surface area contributed by atoms with E-state index in [9.17, 15) is 14.0 Å². The molecule has 0 aliphatic heterocycles. The molecular formula is C12H9BrFNO3. The Labute approximate surface area is 112 Å². The maximum Gasteiger partial charge on any atom is 0.340 e. The highest BCUT2D eigenvalue weighted by molar-refractivity contribution is 9.10. The highest BCUT2D eigenvalue weighted by atomic mass is 79.9. The number of ether oxygens (including phenoxy) is 1. The third kappa shape index (κ3) is 3.31. The number of hydrogen-bond acceptors (Lipinski definition) is 3. The number of carbonyl (C=O) groups excluding carboxylic acids is 2. The monoisotopic (exact) mass is 313 g/mol. The van der Waals surface area contributed by atoms with E-state index in [1.54, 1.807) is 0 Å². The molecule has 0 spiro atoms. The Balaban J connectivity index is 3.15. The normalized spacial score (nSPS) is 9.11. The topological polar surface area (TPSA) is 55.4 Å². The summed E-state index contributed by atoms with van der Waals surface area (Å²) in [7, 11) is 1.14. The van der Waals surface area contributed by atoms with Crippen LogP contribution in [0.1, 0.15) is 17.3 Å². The predicted molar refractivity (Wildman–Crippen MR) is 67.5 cm³/mol. The van der Waals surface area contributed by atoms with Crippen molar-refractivity contribution in [1.82, 2.24) is 0 Å². The minimum Gasteiger partial charge on any atom is -0.465 e. The van der Waals surface area contributed by atoms with E-state index in [2.05, 4.69) is 37.8 Å². The molecule has 1 rings (SSSR count). The zero-order valence-corrected chi connectivity index (χ0v) is 11.2. The number of esters is 1. The first-order chi connectivity index (χ1) is 8.49. The number of amides is 1. The van der Waals surface area contributed by atoms with Crippen LogP contribution < -0.4 is 5.32 Å². The lowest BCUT2D eigenvalue weighted by molar-refractivity contribution is -0.111. The first-order valence-corrected chi connectivity index (χ1v) is 5.60. The lowest BCUT2D eigenvalue weighted by atomic mass is 10.2. The van der Waals surface area contributed by atoms with Crippen LogP contribution in [0.2, 0.25) is 0 Å². The second-order valence-corrected chi connectivity index (χ2v) is 3.99. The average Bonchev–Trinajstić information content (AvgIpc) is 2.32. The van der Waals surface area contributed by atoms with Crippen LogP contribution in [0.3, 0.4) is 0 Å². The van der Waals surface area contributed by atoms with Crippen LogP contribution in [0.5, 0.6) is 0 Å². The quantitative estimate of drug-likeness (QED) is 0.673. The van der Waals surface area contributed by atoms with Crippen molar-refractivity contribution in [3.63, 3.8) is 0 Å². The number of anilines is 1. The van der Waals surface area contributed by atoms with Crippen molar-refractivity contribution in [2.75, 3.05) is 12.4 Å². The van der Waals surface area contributed by atoms with E-state index in [0.29, 0.717) is 0 Å². The van der Waals surface area contributed by atoms with Gasteiger partial charge >= 0.3 is 5.97 Å². The van der Waals surface area contributed by atoms with Crippen LogP contribution in [0, 0.1) is 17.7 Å². The van der Waals surface area contributed by atoms with Gasteiger partial charge in [-0.15, -0.1) is 0 Å². The summed E-state index contributed by atoms with van der Waals surface area (Å²) in [5.41, 5.74) is -0.0249. The summed E-state index contributed by atoms with van der Waals surface area (Å²) >= 11 is 2.95. The first kappa shape index (κ1) is 14.2. The standard InChI is InChI=1S/C12H9BrFNO3/c1-3-4-10(16)15-7-5-8(12(17)18-2)11(14)9(13)6-7/h5-6H,1-2H3,(H,15,16). The minimum absolute atomic E-state index is 0.0464. The SMILES string of the molecule is CC#CC(=O)Nc1cc(Br)c(F)c(C(=O)OC)c1. The molecule has 0 aliphatic rings. The number of nitrogens with one attached hydrogen (secondary N) is 1. The van der Waals surface area contributed by atoms with E-state index in [0.717, 1.165) is 7.11 Å². The van der Waals surface area contributed by atoms with Gasteiger partial charge in [0.05, 0.1) is 17.1 Å². The fourth-order valence-electron chi connectivity index (χ4n) is 1.20. The molecule has 0 unspecified atom stereocenters. The van der Waals surface area contributed by atoms with Crippen molar-refractivity contribution in [2.45, 2.75) is 6.92 Å². The molecule has 1 aromatic rings. The number of methoxy groups -OCH3 is 1. The summed E-state index contributed by atoms with van der Waals surface area (Å²) in [5.74, 6) is 2.56. The highest BCUT2D eigenvalue weighted by Gasteiger charge is 2.17. The molecule has 0 saturated heterocycles. The summed E-state index contributed by atoms with van der Waals surface area (Å²) in [5, 5.41) is 2.41. The molecule has 0 saturated carbocycles. The molecule has 94 valence electrons. The van der Waals surface area contributed by atoms with Crippen LogP contribution in [0.25, 0.3) is 0 Å². The van der Waals surface area contributed by atoms with Crippen LogP contribution in [0.4, 0.5) is 10.1 Å². The van der Waals surface area contributed by atoms with Crippen LogP contribution >= 0.6 is 15.9 Å². The molecular weight excluding hydrogens is 305 g/mol. The fourth-order valence-corrected chi connectivity index (χ4v) is 1.66. The third-order valence-corrected chi connectivity index (χ3v) is 2.51. The Bertz CT molecular complexity index is 560. The second kappa shape index (κ2) is 6.17. The Morgan fingerprint density at radius 3 is 2.67 bits per heavy atom. The van der Waals surface area contributed by atoms with Gasteiger partial charge in [0.25, 0.3) is 5.91 Å². The summed E-state index contributed by atoms with van der Waals surface area (Å²) in [4.78, 5) is 22.6. The van der Waals surface area contributed by atoms with Crippen molar-refractivity contribution in [3.05, 3.63) is 28.0 Å². The van der Waals surface area contributed by atoms with Crippen molar-refractivity contribution in [2.24, 2.45) is 0 Å². The molecule has 0 aromatic heterocycles. The molecule has 4 nitrogen and oxygen atoms in total.